The second-order valence-corrected chi connectivity index (χ2v) is 6.83. The van der Waals surface area contributed by atoms with E-state index in [0.29, 0.717) is 5.75 Å². The van der Waals surface area contributed by atoms with Crippen molar-refractivity contribution in [1.82, 2.24) is 4.72 Å². The standard InChI is InChI=1S/C16H18FNO3S/c1-12-3-6-14(16(17)9-12)11-22(19,20)18-10-13-4-7-15(21-2)8-5-13/h3-9,18H,10-11H2,1-2H3. The van der Waals surface area contributed by atoms with E-state index >= 15 is 0 Å². The molecular weight excluding hydrogens is 305 g/mol. The number of methoxy groups -OCH3 is 1. The topological polar surface area (TPSA) is 55.4 Å². The molecule has 22 heavy (non-hydrogen) atoms. The summed E-state index contributed by atoms with van der Waals surface area (Å²) in [5, 5.41) is 0. The van der Waals surface area contributed by atoms with E-state index in [9.17, 15) is 12.8 Å². The molecule has 0 bridgehead atoms. The summed E-state index contributed by atoms with van der Waals surface area (Å²) < 4.78 is 45.3. The lowest BCUT2D eigenvalue weighted by atomic mass is 10.2. The van der Waals surface area contributed by atoms with Crippen molar-refractivity contribution in [3.8, 4) is 5.75 Å². The van der Waals surface area contributed by atoms with Crippen molar-refractivity contribution in [2.24, 2.45) is 0 Å². The number of hydrogen-bond donors (Lipinski definition) is 1. The van der Waals surface area contributed by atoms with Gasteiger partial charge in [-0.2, -0.15) is 0 Å². The number of benzene rings is 2. The lowest BCUT2D eigenvalue weighted by molar-refractivity contribution is 0.414. The molecule has 6 heteroatoms. The quantitative estimate of drug-likeness (QED) is 0.889. The van der Waals surface area contributed by atoms with E-state index in [2.05, 4.69) is 4.72 Å². The van der Waals surface area contributed by atoms with Gasteiger partial charge in [0.15, 0.2) is 0 Å². The van der Waals surface area contributed by atoms with Gasteiger partial charge >= 0.3 is 0 Å². The van der Waals surface area contributed by atoms with Crippen molar-refractivity contribution in [2.75, 3.05) is 7.11 Å². The van der Waals surface area contributed by atoms with Gasteiger partial charge in [-0.3, -0.25) is 0 Å². The van der Waals surface area contributed by atoms with Crippen LogP contribution in [0, 0.1) is 12.7 Å². The van der Waals surface area contributed by atoms with Crippen molar-refractivity contribution < 1.29 is 17.5 Å². The molecule has 2 aromatic carbocycles. The third-order valence-corrected chi connectivity index (χ3v) is 4.48. The first-order chi connectivity index (χ1) is 10.4. The maximum Gasteiger partial charge on any atom is 0.216 e. The molecule has 0 fully saturated rings. The molecule has 2 aromatic rings. The van der Waals surface area contributed by atoms with Gasteiger partial charge in [0.05, 0.1) is 12.9 Å². The smallest absolute Gasteiger partial charge is 0.216 e. The molecule has 0 spiro atoms. The van der Waals surface area contributed by atoms with Gasteiger partial charge in [0.1, 0.15) is 11.6 Å². The van der Waals surface area contributed by atoms with Gasteiger partial charge < -0.3 is 4.74 Å². The second-order valence-electron chi connectivity index (χ2n) is 5.02. The van der Waals surface area contributed by atoms with Gasteiger partial charge in [-0.05, 0) is 36.2 Å². The number of ether oxygens (including phenoxy) is 1. The zero-order valence-electron chi connectivity index (χ0n) is 12.5. The molecule has 0 aromatic heterocycles. The van der Waals surface area contributed by atoms with E-state index in [1.54, 1.807) is 44.4 Å². The van der Waals surface area contributed by atoms with Crippen LogP contribution in [-0.2, 0) is 22.3 Å². The molecule has 2 rings (SSSR count). The largest absolute Gasteiger partial charge is 0.497 e. The average molecular weight is 323 g/mol. The number of aryl methyl sites for hydroxylation is 1. The van der Waals surface area contributed by atoms with Crippen molar-refractivity contribution in [2.45, 2.75) is 19.2 Å². The molecule has 0 aliphatic heterocycles. The Kier molecular flexibility index (Phi) is 5.15. The van der Waals surface area contributed by atoms with E-state index in [1.165, 1.54) is 12.1 Å². The van der Waals surface area contributed by atoms with Crippen LogP contribution >= 0.6 is 0 Å². The molecule has 0 radical (unpaired) electrons. The zero-order valence-corrected chi connectivity index (χ0v) is 13.3. The van der Waals surface area contributed by atoms with E-state index in [0.717, 1.165) is 11.1 Å². The molecule has 0 saturated carbocycles. The molecule has 118 valence electrons. The van der Waals surface area contributed by atoms with Gasteiger partial charge in [-0.15, -0.1) is 0 Å². The van der Waals surface area contributed by atoms with Crippen molar-refractivity contribution in [3.63, 3.8) is 0 Å². The molecular formula is C16H18FNO3S. The highest BCUT2D eigenvalue weighted by Gasteiger charge is 2.14. The minimum atomic E-state index is -3.61. The third kappa shape index (κ3) is 4.54. The summed E-state index contributed by atoms with van der Waals surface area (Å²) in [6, 6.07) is 11.6. The Morgan fingerprint density at radius 3 is 2.41 bits per heavy atom. The minimum absolute atomic E-state index is 0.153. The number of nitrogens with one attached hydrogen (secondary N) is 1. The van der Waals surface area contributed by atoms with Crippen LogP contribution in [0.15, 0.2) is 42.5 Å². The van der Waals surface area contributed by atoms with Crippen LogP contribution in [0.3, 0.4) is 0 Å². The third-order valence-electron chi connectivity index (χ3n) is 3.21. The summed E-state index contributed by atoms with van der Waals surface area (Å²) in [5.41, 5.74) is 1.71. The Hall–Kier alpha value is -1.92. The summed E-state index contributed by atoms with van der Waals surface area (Å²) in [6.07, 6.45) is 0. The van der Waals surface area contributed by atoms with E-state index in [-0.39, 0.29) is 17.9 Å². The van der Waals surface area contributed by atoms with Crippen LogP contribution in [0.5, 0.6) is 5.75 Å². The molecule has 0 atom stereocenters. The van der Waals surface area contributed by atoms with Gasteiger partial charge in [0, 0.05) is 12.1 Å². The Bertz CT molecular complexity index is 742. The first-order valence-corrected chi connectivity index (χ1v) is 8.40. The van der Waals surface area contributed by atoms with E-state index in [4.69, 9.17) is 4.74 Å². The molecule has 0 saturated heterocycles. The lowest BCUT2D eigenvalue weighted by Gasteiger charge is -2.09. The number of rotatable bonds is 6. The highest BCUT2D eigenvalue weighted by atomic mass is 32.2. The lowest BCUT2D eigenvalue weighted by Crippen LogP contribution is -2.25. The summed E-state index contributed by atoms with van der Waals surface area (Å²) in [4.78, 5) is 0. The highest BCUT2D eigenvalue weighted by molar-refractivity contribution is 7.88. The van der Waals surface area contributed by atoms with Gasteiger partial charge in [-0.1, -0.05) is 24.3 Å². The van der Waals surface area contributed by atoms with Crippen LogP contribution in [0.4, 0.5) is 4.39 Å². The van der Waals surface area contributed by atoms with Crippen molar-refractivity contribution >= 4 is 10.0 Å². The van der Waals surface area contributed by atoms with Crippen LogP contribution in [0.25, 0.3) is 0 Å². The zero-order chi connectivity index (χ0) is 16.2. The molecule has 0 aliphatic carbocycles. The fraction of sp³-hybridized carbons (Fsp3) is 0.250. The maximum atomic E-state index is 13.7. The molecule has 0 aliphatic rings. The van der Waals surface area contributed by atoms with Gasteiger partial charge in [0.2, 0.25) is 10.0 Å². The SMILES string of the molecule is COc1ccc(CNS(=O)(=O)Cc2ccc(C)cc2F)cc1. The number of sulfonamides is 1. The van der Waals surface area contributed by atoms with E-state index in [1.807, 2.05) is 0 Å². The van der Waals surface area contributed by atoms with Crippen LogP contribution in [0.2, 0.25) is 0 Å². The number of hydrogen-bond acceptors (Lipinski definition) is 3. The summed E-state index contributed by atoms with van der Waals surface area (Å²) >= 11 is 0. The Balaban J connectivity index is 2.01. The predicted octanol–water partition coefficient (Wildman–Crippen LogP) is 2.76. The minimum Gasteiger partial charge on any atom is -0.497 e. The number of halogens is 1. The second kappa shape index (κ2) is 6.89. The summed E-state index contributed by atoms with van der Waals surface area (Å²) in [5.74, 6) is -0.182. The fourth-order valence-electron chi connectivity index (χ4n) is 1.96. The normalized spacial score (nSPS) is 11.4. The van der Waals surface area contributed by atoms with Crippen LogP contribution < -0.4 is 9.46 Å². The Morgan fingerprint density at radius 2 is 1.82 bits per heavy atom. The predicted molar refractivity (Wildman–Crippen MR) is 83.6 cm³/mol. The maximum absolute atomic E-state index is 13.7. The molecule has 1 N–H and O–H groups in total. The first kappa shape index (κ1) is 16.5. The van der Waals surface area contributed by atoms with Gasteiger partial charge in [0.25, 0.3) is 0 Å². The van der Waals surface area contributed by atoms with E-state index < -0.39 is 15.8 Å². The van der Waals surface area contributed by atoms with Crippen LogP contribution in [-0.4, -0.2) is 15.5 Å². The average Bonchev–Trinajstić information content (AvgIpc) is 2.49. The summed E-state index contributed by atoms with van der Waals surface area (Å²) in [7, 11) is -2.04. The highest BCUT2D eigenvalue weighted by Crippen LogP contribution is 2.14. The van der Waals surface area contributed by atoms with Gasteiger partial charge in [-0.25, -0.2) is 17.5 Å². The Labute approximate surface area is 130 Å². The first-order valence-electron chi connectivity index (χ1n) is 6.75. The van der Waals surface area contributed by atoms with Crippen molar-refractivity contribution in [3.05, 3.63) is 65.0 Å². The molecule has 0 amide bonds. The molecule has 0 heterocycles. The summed E-state index contributed by atoms with van der Waals surface area (Å²) in [6.45, 7) is 1.91. The van der Waals surface area contributed by atoms with Crippen LogP contribution in [0.1, 0.15) is 16.7 Å². The molecule has 0 unspecified atom stereocenters. The van der Waals surface area contributed by atoms with Crippen molar-refractivity contribution in [1.29, 1.82) is 0 Å². The molecule has 4 nitrogen and oxygen atoms in total. The Morgan fingerprint density at radius 1 is 1.14 bits per heavy atom. The monoisotopic (exact) mass is 323 g/mol. The fourth-order valence-corrected chi connectivity index (χ4v) is 3.09.